The molecule has 0 aliphatic heterocycles. The second-order valence-corrected chi connectivity index (χ2v) is 10.6. The van der Waals surface area contributed by atoms with Crippen LogP contribution >= 0.6 is 7.05 Å². The molecule has 1 N–H and O–H groups in total. The van der Waals surface area contributed by atoms with E-state index in [1.807, 2.05) is 103 Å². The van der Waals surface area contributed by atoms with Crippen LogP contribution in [0.4, 0.5) is 5.69 Å². The van der Waals surface area contributed by atoms with Crippen molar-refractivity contribution >= 4 is 40.0 Å². The minimum Gasteiger partial charge on any atom is -0.507 e. The smallest absolute Gasteiger partial charge is 0.125 e. The number of hydrogen-bond acceptors (Lipinski definition) is 3. The Hall–Kier alpha value is -3.94. The maximum atomic E-state index is 11.3. The molecule has 0 fully saturated rings. The number of pyridine rings is 1. The van der Waals surface area contributed by atoms with Crippen molar-refractivity contribution in [1.29, 1.82) is 0 Å². The highest BCUT2D eigenvalue weighted by Crippen LogP contribution is 2.53. The lowest BCUT2D eigenvalue weighted by Crippen LogP contribution is -2.15. The molecule has 33 heavy (non-hydrogen) atoms. The summed E-state index contributed by atoms with van der Waals surface area (Å²) in [5, 5.41) is 14.4. The molecule has 0 amide bonds. The highest BCUT2D eigenvalue weighted by Gasteiger charge is 2.24. The van der Waals surface area contributed by atoms with Crippen molar-refractivity contribution < 1.29 is 5.11 Å². The number of rotatable bonds is 5. The summed E-state index contributed by atoms with van der Waals surface area (Å²) in [4.78, 5) is 4.63. The summed E-state index contributed by atoms with van der Waals surface area (Å²) in [7, 11) is -2.58. The molecule has 1 heterocycles. The molecule has 160 valence electrons. The third kappa shape index (κ3) is 4.24. The van der Waals surface area contributed by atoms with Crippen LogP contribution in [0.3, 0.4) is 0 Å². The van der Waals surface area contributed by atoms with E-state index in [1.165, 1.54) is 0 Å². The van der Waals surface area contributed by atoms with Gasteiger partial charge in [-0.05, 0) is 12.1 Å². The van der Waals surface area contributed by atoms with Crippen LogP contribution in [0.15, 0.2) is 138 Å². The monoisotopic (exact) mass is 446 g/mol. The number of nitrogens with zero attached hydrogens (tertiary/aromatic N) is 2. The largest absolute Gasteiger partial charge is 0.507 e. The first-order valence-electron chi connectivity index (χ1n) is 10.8. The second kappa shape index (κ2) is 9.28. The first-order valence-corrected chi connectivity index (χ1v) is 12.6. The summed E-state index contributed by atoms with van der Waals surface area (Å²) < 4.78 is 5.44. The fourth-order valence-corrected chi connectivity index (χ4v) is 7.09. The molecule has 0 aliphatic carbocycles. The predicted octanol–water partition coefficient (Wildman–Crippen LogP) is 7.28. The molecule has 4 heteroatoms. The van der Waals surface area contributed by atoms with Crippen molar-refractivity contribution in [2.24, 2.45) is 4.74 Å². The topological polar surface area (TPSA) is 45.5 Å². The van der Waals surface area contributed by atoms with Crippen molar-refractivity contribution in [2.75, 3.05) is 0 Å². The summed E-state index contributed by atoms with van der Waals surface area (Å²) in [6, 6.07) is 40.1. The zero-order valence-electron chi connectivity index (χ0n) is 18.0. The fourth-order valence-electron chi connectivity index (χ4n) is 3.95. The quantitative estimate of drug-likeness (QED) is 0.228. The molecule has 4 aromatic carbocycles. The van der Waals surface area contributed by atoms with Gasteiger partial charge in [-0.1, -0.05) is 109 Å². The molecular formula is C29H23N2OP. The number of aliphatic hydroxyl groups excluding tert-OH is 1. The van der Waals surface area contributed by atoms with Crippen LogP contribution in [-0.4, -0.2) is 10.1 Å². The maximum Gasteiger partial charge on any atom is 0.125 e. The van der Waals surface area contributed by atoms with Gasteiger partial charge in [-0.2, -0.15) is 0 Å². The Balaban J connectivity index is 1.89. The van der Waals surface area contributed by atoms with Crippen LogP contribution in [0, 0.1) is 0 Å². The third-order valence-corrected chi connectivity index (χ3v) is 8.88. The number of aliphatic hydroxyl groups is 1. The van der Waals surface area contributed by atoms with Crippen molar-refractivity contribution in [2.45, 2.75) is 0 Å². The molecular weight excluding hydrogens is 423 g/mol. The van der Waals surface area contributed by atoms with Crippen molar-refractivity contribution in [3.8, 4) is 0 Å². The van der Waals surface area contributed by atoms with Crippen molar-refractivity contribution in [1.82, 2.24) is 4.98 Å². The van der Waals surface area contributed by atoms with Gasteiger partial charge in [0.1, 0.15) is 5.76 Å². The minimum absolute atomic E-state index is 0.216. The molecule has 5 aromatic rings. The molecule has 3 nitrogen and oxygen atoms in total. The zero-order chi connectivity index (χ0) is 22.5. The average Bonchev–Trinajstić information content (AvgIpc) is 2.90. The van der Waals surface area contributed by atoms with Gasteiger partial charge in [0.25, 0.3) is 0 Å². The van der Waals surface area contributed by atoms with Gasteiger partial charge in [0.2, 0.25) is 0 Å². The van der Waals surface area contributed by atoms with Gasteiger partial charge in [-0.3, -0.25) is 9.73 Å². The molecule has 0 atom stereocenters. The predicted molar refractivity (Wildman–Crippen MR) is 140 cm³/mol. The lowest BCUT2D eigenvalue weighted by atomic mass is 10.2. The molecule has 1 aromatic heterocycles. The minimum atomic E-state index is -2.58. The van der Waals surface area contributed by atoms with Crippen molar-refractivity contribution in [3.05, 3.63) is 139 Å². The SMILES string of the molecule is O/C(=C\P(=Nc1cccc2cccnc12)(c1ccccc1)c1ccccc1)c1ccccc1. The Morgan fingerprint density at radius 1 is 0.667 bits per heavy atom. The third-order valence-electron chi connectivity index (χ3n) is 5.56. The standard InChI is InChI=1S/C29H23N2OP/c32-28(23-12-4-1-5-13-23)22-33(25-16-6-2-7-17-25,26-18-8-3-9-19-26)31-27-20-10-14-24-15-11-21-30-29(24)27/h1-22,32H/b28-22-. The van der Waals surface area contributed by atoms with Gasteiger partial charge in [0, 0.05) is 33.6 Å². The van der Waals surface area contributed by atoms with Gasteiger partial charge >= 0.3 is 0 Å². The highest BCUT2D eigenvalue weighted by atomic mass is 31.2. The van der Waals surface area contributed by atoms with E-state index in [0.717, 1.165) is 32.8 Å². The summed E-state index contributed by atoms with van der Waals surface area (Å²) in [6.45, 7) is 0. The van der Waals surface area contributed by atoms with E-state index in [9.17, 15) is 5.11 Å². The Kier molecular flexibility index (Phi) is 5.89. The summed E-state index contributed by atoms with van der Waals surface area (Å²) in [6.07, 6.45) is 1.80. The van der Waals surface area contributed by atoms with Crippen LogP contribution in [0.5, 0.6) is 0 Å². The van der Waals surface area contributed by atoms with Crippen LogP contribution in [0.25, 0.3) is 16.7 Å². The van der Waals surface area contributed by atoms with Gasteiger partial charge < -0.3 is 5.11 Å². The number of fused-ring (bicyclic) bond motifs is 1. The average molecular weight is 446 g/mol. The summed E-state index contributed by atoms with van der Waals surface area (Å²) >= 11 is 0. The van der Waals surface area contributed by atoms with E-state index in [-0.39, 0.29) is 5.76 Å². The van der Waals surface area contributed by atoms with Gasteiger partial charge in [-0.15, -0.1) is 0 Å². The Bertz CT molecular complexity index is 1410. The normalized spacial score (nSPS) is 11.9. The van der Waals surface area contributed by atoms with Crippen LogP contribution in [0.1, 0.15) is 5.56 Å². The molecule has 0 spiro atoms. The maximum absolute atomic E-state index is 11.3. The number of para-hydroxylation sites is 1. The number of hydrogen-bond donors (Lipinski definition) is 1. The van der Waals surface area contributed by atoms with Crippen LogP contribution < -0.4 is 10.6 Å². The summed E-state index contributed by atoms with van der Waals surface area (Å²) in [5.41, 5.74) is 2.43. The van der Waals surface area contributed by atoms with E-state index >= 15 is 0 Å². The first kappa shape index (κ1) is 20.9. The Morgan fingerprint density at radius 2 is 1.24 bits per heavy atom. The zero-order valence-corrected chi connectivity index (χ0v) is 18.9. The van der Waals surface area contributed by atoms with E-state index in [2.05, 4.69) is 29.2 Å². The van der Waals surface area contributed by atoms with E-state index in [4.69, 9.17) is 4.74 Å². The molecule has 5 rings (SSSR count). The summed E-state index contributed by atoms with van der Waals surface area (Å²) in [5.74, 6) is 2.17. The molecule has 0 radical (unpaired) electrons. The molecule has 0 aliphatic rings. The molecule has 0 bridgehead atoms. The van der Waals surface area contributed by atoms with Gasteiger partial charge in [0.05, 0.1) is 18.3 Å². The Labute approximate surface area is 193 Å². The molecule has 0 unspecified atom stereocenters. The lowest BCUT2D eigenvalue weighted by molar-refractivity contribution is 0.513. The number of benzene rings is 4. The van der Waals surface area contributed by atoms with Crippen LogP contribution in [-0.2, 0) is 0 Å². The second-order valence-electron chi connectivity index (χ2n) is 7.69. The highest BCUT2D eigenvalue weighted by molar-refractivity contribution is 7.83. The van der Waals surface area contributed by atoms with Crippen molar-refractivity contribution in [3.63, 3.8) is 0 Å². The van der Waals surface area contributed by atoms with E-state index in [0.29, 0.717) is 0 Å². The molecule has 0 saturated carbocycles. The fraction of sp³-hybridized carbons (Fsp3) is 0. The van der Waals surface area contributed by atoms with Gasteiger partial charge in [0.15, 0.2) is 0 Å². The first-order chi connectivity index (χ1) is 16.3. The molecule has 0 saturated heterocycles. The van der Waals surface area contributed by atoms with Crippen LogP contribution in [0.2, 0.25) is 0 Å². The Morgan fingerprint density at radius 3 is 1.88 bits per heavy atom. The number of aromatic nitrogens is 1. The lowest BCUT2D eigenvalue weighted by Gasteiger charge is -2.24. The van der Waals surface area contributed by atoms with E-state index < -0.39 is 7.05 Å². The van der Waals surface area contributed by atoms with E-state index in [1.54, 1.807) is 6.20 Å². The van der Waals surface area contributed by atoms with Gasteiger partial charge in [-0.25, -0.2) is 0 Å².